The second-order valence-corrected chi connectivity index (χ2v) is 6.63. The maximum atomic E-state index is 12.4. The Labute approximate surface area is 136 Å². The molecule has 2 saturated heterocycles. The van der Waals surface area contributed by atoms with E-state index < -0.39 is 0 Å². The summed E-state index contributed by atoms with van der Waals surface area (Å²) >= 11 is 0. The summed E-state index contributed by atoms with van der Waals surface area (Å²) < 4.78 is 7.34. The average Bonchev–Trinajstić information content (AvgIpc) is 2.96. The van der Waals surface area contributed by atoms with Crippen molar-refractivity contribution in [2.45, 2.75) is 44.6 Å². The van der Waals surface area contributed by atoms with E-state index in [1.807, 2.05) is 16.5 Å². The van der Waals surface area contributed by atoms with Crippen molar-refractivity contribution < 1.29 is 14.6 Å². The van der Waals surface area contributed by atoms with Gasteiger partial charge >= 0.3 is 0 Å². The first-order valence-corrected chi connectivity index (χ1v) is 8.53. The van der Waals surface area contributed by atoms with Gasteiger partial charge in [-0.2, -0.15) is 0 Å². The number of aliphatic hydroxyl groups is 1. The largest absolute Gasteiger partial charge is 0.388 e. The lowest BCUT2D eigenvalue weighted by atomic mass is 9.94. The SMILES string of the molecule is Cn1c(CO)nnc1C1CCN(C(=O)CC2CCCOC2)CC1. The Morgan fingerprint density at radius 2 is 2.09 bits per heavy atom. The number of hydrogen-bond acceptors (Lipinski definition) is 5. The molecule has 1 N–H and O–H groups in total. The van der Waals surface area contributed by atoms with E-state index >= 15 is 0 Å². The Kier molecular flexibility index (Phi) is 5.27. The molecule has 0 bridgehead atoms. The van der Waals surface area contributed by atoms with Crippen LogP contribution in [0.3, 0.4) is 0 Å². The van der Waals surface area contributed by atoms with Crippen LogP contribution in [-0.4, -0.2) is 57.0 Å². The Balaban J connectivity index is 1.51. The van der Waals surface area contributed by atoms with Crippen LogP contribution in [0.1, 0.15) is 49.7 Å². The minimum atomic E-state index is -0.0930. The fourth-order valence-corrected chi connectivity index (χ4v) is 3.60. The lowest BCUT2D eigenvalue weighted by molar-refractivity contribution is -0.134. The van der Waals surface area contributed by atoms with E-state index in [4.69, 9.17) is 4.74 Å². The third-order valence-corrected chi connectivity index (χ3v) is 5.07. The van der Waals surface area contributed by atoms with Gasteiger partial charge in [0.05, 0.1) is 0 Å². The molecule has 0 radical (unpaired) electrons. The van der Waals surface area contributed by atoms with Crippen molar-refractivity contribution in [1.82, 2.24) is 19.7 Å². The zero-order chi connectivity index (χ0) is 16.2. The molecule has 3 heterocycles. The fourth-order valence-electron chi connectivity index (χ4n) is 3.60. The van der Waals surface area contributed by atoms with E-state index in [1.54, 1.807) is 0 Å². The number of rotatable bonds is 4. The number of carbonyl (C=O) groups excluding carboxylic acids is 1. The predicted octanol–water partition coefficient (Wildman–Crippen LogP) is 0.830. The Hall–Kier alpha value is -1.47. The van der Waals surface area contributed by atoms with Gasteiger partial charge < -0.3 is 19.3 Å². The number of aromatic nitrogens is 3. The number of carbonyl (C=O) groups is 1. The van der Waals surface area contributed by atoms with Gasteiger partial charge in [-0.25, -0.2) is 0 Å². The van der Waals surface area contributed by atoms with Crippen molar-refractivity contribution in [2.75, 3.05) is 26.3 Å². The molecule has 2 fully saturated rings. The van der Waals surface area contributed by atoms with E-state index in [1.165, 1.54) is 0 Å². The van der Waals surface area contributed by atoms with Crippen molar-refractivity contribution in [2.24, 2.45) is 13.0 Å². The maximum absolute atomic E-state index is 12.4. The van der Waals surface area contributed by atoms with Gasteiger partial charge in [0.2, 0.25) is 5.91 Å². The first-order chi connectivity index (χ1) is 11.2. The summed E-state index contributed by atoms with van der Waals surface area (Å²) in [5.74, 6) is 2.47. The predicted molar refractivity (Wildman–Crippen MR) is 83.6 cm³/mol. The third kappa shape index (κ3) is 3.72. The van der Waals surface area contributed by atoms with Crippen LogP contribution in [0.25, 0.3) is 0 Å². The van der Waals surface area contributed by atoms with Gasteiger partial charge in [-0.15, -0.1) is 10.2 Å². The van der Waals surface area contributed by atoms with Crippen molar-refractivity contribution in [1.29, 1.82) is 0 Å². The van der Waals surface area contributed by atoms with Gasteiger partial charge in [-0.3, -0.25) is 4.79 Å². The Morgan fingerprint density at radius 1 is 1.30 bits per heavy atom. The molecular formula is C16H26N4O3. The van der Waals surface area contributed by atoms with E-state index in [0.717, 1.165) is 57.8 Å². The van der Waals surface area contributed by atoms with Crippen LogP contribution >= 0.6 is 0 Å². The normalized spacial score (nSPS) is 23.2. The molecule has 23 heavy (non-hydrogen) atoms. The second kappa shape index (κ2) is 7.40. The molecule has 1 aromatic rings. The zero-order valence-corrected chi connectivity index (χ0v) is 13.8. The standard InChI is InChI=1S/C16H26N4O3/c1-19-14(10-21)17-18-16(19)13-4-6-20(7-5-13)15(22)9-12-3-2-8-23-11-12/h12-13,21H,2-11H2,1H3. The molecule has 2 aliphatic heterocycles. The van der Waals surface area contributed by atoms with Crippen LogP contribution in [0.2, 0.25) is 0 Å². The number of aliphatic hydroxyl groups excluding tert-OH is 1. The quantitative estimate of drug-likeness (QED) is 0.888. The second-order valence-electron chi connectivity index (χ2n) is 6.63. The van der Waals surface area contributed by atoms with E-state index in [9.17, 15) is 9.90 Å². The lowest BCUT2D eigenvalue weighted by Crippen LogP contribution is -2.39. The summed E-state index contributed by atoms with van der Waals surface area (Å²) in [6.45, 7) is 3.02. The van der Waals surface area contributed by atoms with Gasteiger partial charge in [-0.1, -0.05) is 0 Å². The highest BCUT2D eigenvalue weighted by Crippen LogP contribution is 2.28. The molecule has 128 valence electrons. The highest BCUT2D eigenvalue weighted by atomic mass is 16.5. The topological polar surface area (TPSA) is 80.5 Å². The van der Waals surface area contributed by atoms with Crippen LogP contribution in [-0.2, 0) is 23.2 Å². The fraction of sp³-hybridized carbons (Fsp3) is 0.812. The summed E-state index contributed by atoms with van der Waals surface area (Å²) in [6.07, 6.45) is 4.60. The van der Waals surface area contributed by atoms with Crippen LogP contribution in [0.15, 0.2) is 0 Å². The number of likely N-dealkylation sites (tertiary alicyclic amines) is 1. The molecule has 1 atom stereocenters. The molecule has 0 saturated carbocycles. The zero-order valence-electron chi connectivity index (χ0n) is 13.8. The van der Waals surface area contributed by atoms with E-state index in [2.05, 4.69) is 10.2 Å². The molecule has 0 aliphatic carbocycles. The van der Waals surface area contributed by atoms with Crippen molar-refractivity contribution in [3.05, 3.63) is 11.6 Å². The van der Waals surface area contributed by atoms with Crippen LogP contribution in [0.4, 0.5) is 0 Å². The third-order valence-electron chi connectivity index (χ3n) is 5.07. The number of hydrogen-bond donors (Lipinski definition) is 1. The Bertz CT molecular complexity index is 531. The lowest BCUT2D eigenvalue weighted by Gasteiger charge is -2.33. The van der Waals surface area contributed by atoms with Crippen LogP contribution in [0, 0.1) is 5.92 Å². The van der Waals surface area contributed by atoms with E-state index in [-0.39, 0.29) is 12.5 Å². The molecule has 7 heteroatoms. The van der Waals surface area contributed by atoms with Crippen molar-refractivity contribution in [3.63, 3.8) is 0 Å². The summed E-state index contributed by atoms with van der Waals surface area (Å²) in [4.78, 5) is 14.4. The maximum Gasteiger partial charge on any atom is 0.222 e. The molecule has 0 spiro atoms. The van der Waals surface area contributed by atoms with Crippen LogP contribution < -0.4 is 0 Å². The molecule has 1 amide bonds. The first-order valence-electron chi connectivity index (χ1n) is 8.53. The summed E-state index contributed by atoms with van der Waals surface area (Å²) in [5.41, 5.74) is 0. The van der Waals surface area contributed by atoms with Gasteiger partial charge in [0.25, 0.3) is 0 Å². The highest BCUT2D eigenvalue weighted by Gasteiger charge is 2.28. The molecule has 3 rings (SSSR count). The summed E-state index contributed by atoms with van der Waals surface area (Å²) in [7, 11) is 1.89. The minimum absolute atomic E-state index is 0.0930. The van der Waals surface area contributed by atoms with Crippen molar-refractivity contribution in [3.8, 4) is 0 Å². The molecular weight excluding hydrogens is 296 g/mol. The van der Waals surface area contributed by atoms with E-state index in [0.29, 0.717) is 24.1 Å². The first kappa shape index (κ1) is 16.4. The van der Waals surface area contributed by atoms with Gasteiger partial charge in [0.1, 0.15) is 12.4 Å². The molecule has 7 nitrogen and oxygen atoms in total. The number of piperidine rings is 1. The molecule has 1 unspecified atom stereocenters. The highest BCUT2D eigenvalue weighted by molar-refractivity contribution is 5.76. The average molecular weight is 322 g/mol. The number of amides is 1. The molecule has 1 aromatic heterocycles. The summed E-state index contributed by atoms with van der Waals surface area (Å²) in [5, 5.41) is 17.4. The van der Waals surface area contributed by atoms with Gasteiger partial charge in [0, 0.05) is 45.7 Å². The summed E-state index contributed by atoms with van der Waals surface area (Å²) in [6, 6.07) is 0. The number of nitrogens with zero attached hydrogens (tertiary/aromatic N) is 4. The smallest absolute Gasteiger partial charge is 0.222 e. The number of ether oxygens (including phenoxy) is 1. The Morgan fingerprint density at radius 3 is 2.70 bits per heavy atom. The molecule has 0 aromatic carbocycles. The van der Waals surface area contributed by atoms with Gasteiger partial charge in [-0.05, 0) is 31.6 Å². The molecule has 2 aliphatic rings. The minimum Gasteiger partial charge on any atom is -0.388 e. The van der Waals surface area contributed by atoms with Crippen LogP contribution in [0.5, 0.6) is 0 Å². The van der Waals surface area contributed by atoms with Crippen molar-refractivity contribution >= 4 is 5.91 Å². The van der Waals surface area contributed by atoms with Gasteiger partial charge in [0.15, 0.2) is 5.82 Å². The monoisotopic (exact) mass is 322 g/mol.